The first kappa shape index (κ1) is 10.3. The average molecular weight is 232 g/mol. The highest BCUT2D eigenvalue weighted by Gasteiger charge is 2.25. The standard InChI is InChI=1S/C12H12N2O3/c15-9-5-3-8(4-6-9)12-13-11(14-17-12)10-2-1-7-16-10/h1-2,7-8H,3-6H2. The van der Waals surface area contributed by atoms with E-state index in [1.54, 1.807) is 18.4 Å². The van der Waals surface area contributed by atoms with Crippen molar-refractivity contribution in [2.45, 2.75) is 31.6 Å². The van der Waals surface area contributed by atoms with Gasteiger partial charge in [-0.05, 0) is 25.0 Å². The molecule has 0 saturated heterocycles. The Morgan fingerprint density at radius 2 is 2.12 bits per heavy atom. The maximum atomic E-state index is 11.2. The molecule has 88 valence electrons. The van der Waals surface area contributed by atoms with Crippen molar-refractivity contribution in [3.63, 3.8) is 0 Å². The summed E-state index contributed by atoms with van der Waals surface area (Å²) in [5.41, 5.74) is 0. The lowest BCUT2D eigenvalue weighted by atomic mass is 9.88. The zero-order valence-electron chi connectivity index (χ0n) is 9.26. The third-order valence-electron chi connectivity index (χ3n) is 3.08. The normalized spacial score (nSPS) is 17.5. The van der Waals surface area contributed by atoms with Gasteiger partial charge in [-0.15, -0.1) is 0 Å². The van der Waals surface area contributed by atoms with Crippen LogP contribution in [0.5, 0.6) is 0 Å². The Labute approximate surface area is 97.8 Å². The van der Waals surface area contributed by atoms with Gasteiger partial charge in [-0.3, -0.25) is 4.79 Å². The van der Waals surface area contributed by atoms with Crippen LogP contribution >= 0.6 is 0 Å². The number of hydrogen-bond acceptors (Lipinski definition) is 5. The van der Waals surface area contributed by atoms with Crippen molar-refractivity contribution in [1.29, 1.82) is 0 Å². The van der Waals surface area contributed by atoms with Gasteiger partial charge in [0.05, 0.1) is 6.26 Å². The van der Waals surface area contributed by atoms with Crippen molar-refractivity contribution < 1.29 is 13.7 Å². The number of nitrogens with zero attached hydrogens (tertiary/aromatic N) is 2. The van der Waals surface area contributed by atoms with E-state index in [0.29, 0.717) is 36.1 Å². The molecule has 0 amide bonds. The smallest absolute Gasteiger partial charge is 0.238 e. The Balaban J connectivity index is 1.79. The maximum Gasteiger partial charge on any atom is 0.238 e. The van der Waals surface area contributed by atoms with Crippen LogP contribution in [0.1, 0.15) is 37.5 Å². The van der Waals surface area contributed by atoms with Gasteiger partial charge in [0, 0.05) is 18.8 Å². The summed E-state index contributed by atoms with van der Waals surface area (Å²) in [6, 6.07) is 3.57. The third-order valence-corrected chi connectivity index (χ3v) is 3.08. The summed E-state index contributed by atoms with van der Waals surface area (Å²) in [4.78, 5) is 15.5. The number of furan rings is 1. The number of aromatic nitrogens is 2. The second kappa shape index (κ2) is 4.16. The minimum absolute atomic E-state index is 0.212. The Morgan fingerprint density at radius 3 is 2.82 bits per heavy atom. The Morgan fingerprint density at radius 1 is 1.29 bits per heavy atom. The molecule has 3 rings (SSSR count). The van der Waals surface area contributed by atoms with E-state index < -0.39 is 0 Å². The molecule has 1 aliphatic rings. The van der Waals surface area contributed by atoms with Crippen LogP contribution in [-0.2, 0) is 4.79 Å². The van der Waals surface area contributed by atoms with Gasteiger partial charge in [0.1, 0.15) is 5.78 Å². The summed E-state index contributed by atoms with van der Waals surface area (Å²) in [5.74, 6) is 2.23. The minimum atomic E-state index is 0.212. The third kappa shape index (κ3) is 2.00. The van der Waals surface area contributed by atoms with Crippen LogP contribution in [0.15, 0.2) is 27.3 Å². The number of carbonyl (C=O) groups is 1. The van der Waals surface area contributed by atoms with E-state index in [-0.39, 0.29) is 5.92 Å². The number of Topliss-reactive ketones (excluding diaryl/α,β-unsaturated/α-hetero) is 1. The van der Waals surface area contributed by atoms with Crippen LogP contribution in [0.25, 0.3) is 11.6 Å². The van der Waals surface area contributed by atoms with Crippen molar-refractivity contribution in [1.82, 2.24) is 10.1 Å². The number of rotatable bonds is 2. The number of ketones is 1. The molecule has 17 heavy (non-hydrogen) atoms. The predicted molar refractivity (Wildman–Crippen MR) is 58.2 cm³/mol. The zero-order valence-corrected chi connectivity index (χ0v) is 9.26. The van der Waals surface area contributed by atoms with Crippen LogP contribution in [0, 0.1) is 0 Å². The lowest BCUT2D eigenvalue weighted by molar-refractivity contribution is -0.120. The fourth-order valence-electron chi connectivity index (χ4n) is 2.09. The summed E-state index contributed by atoms with van der Waals surface area (Å²) >= 11 is 0. The van der Waals surface area contributed by atoms with Gasteiger partial charge in [-0.2, -0.15) is 4.98 Å². The molecule has 2 aromatic heterocycles. The van der Waals surface area contributed by atoms with Crippen LogP contribution in [0.3, 0.4) is 0 Å². The fourth-order valence-corrected chi connectivity index (χ4v) is 2.09. The lowest BCUT2D eigenvalue weighted by Gasteiger charge is -2.16. The second-order valence-electron chi connectivity index (χ2n) is 4.25. The molecule has 0 spiro atoms. The molecule has 1 fully saturated rings. The minimum Gasteiger partial charge on any atom is -0.461 e. The molecular weight excluding hydrogens is 220 g/mol. The van der Waals surface area contributed by atoms with E-state index in [4.69, 9.17) is 8.94 Å². The van der Waals surface area contributed by atoms with Crippen LogP contribution < -0.4 is 0 Å². The first-order chi connectivity index (χ1) is 8.33. The van der Waals surface area contributed by atoms with Gasteiger partial charge in [0.15, 0.2) is 5.76 Å². The topological polar surface area (TPSA) is 69.1 Å². The molecule has 1 saturated carbocycles. The molecule has 1 aliphatic carbocycles. The molecule has 0 aromatic carbocycles. The molecule has 0 radical (unpaired) electrons. The average Bonchev–Trinajstić information content (AvgIpc) is 3.00. The first-order valence-electron chi connectivity index (χ1n) is 5.72. The summed E-state index contributed by atoms with van der Waals surface area (Å²) < 4.78 is 10.4. The molecule has 0 N–H and O–H groups in total. The molecular formula is C12H12N2O3. The van der Waals surface area contributed by atoms with E-state index >= 15 is 0 Å². The molecule has 2 heterocycles. The molecule has 0 atom stereocenters. The Hall–Kier alpha value is -1.91. The van der Waals surface area contributed by atoms with Crippen LogP contribution in [-0.4, -0.2) is 15.9 Å². The molecule has 0 unspecified atom stereocenters. The van der Waals surface area contributed by atoms with E-state index in [1.165, 1.54) is 0 Å². The monoisotopic (exact) mass is 232 g/mol. The maximum absolute atomic E-state index is 11.2. The highest BCUT2D eigenvalue weighted by molar-refractivity contribution is 5.79. The molecule has 0 aliphatic heterocycles. The van der Waals surface area contributed by atoms with E-state index in [9.17, 15) is 4.79 Å². The highest BCUT2D eigenvalue weighted by atomic mass is 16.5. The summed E-state index contributed by atoms with van der Waals surface area (Å²) in [5, 5.41) is 3.89. The van der Waals surface area contributed by atoms with Gasteiger partial charge < -0.3 is 8.94 Å². The zero-order chi connectivity index (χ0) is 11.7. The number of hydrogen-bond donors (Lipinski definition) is 0. The summed E-state index contributed by atoms with van der Waals surface area (Å²) in [7, 11) is 0. The SMILES string of the molecule is O=C1CCC(c2nc(-c3ccco3)no2)CC1. The van der Waals surface area contributed by atoms with Crippen LogP contribution in [0.2, 0.25) is 0 Å². The van der Waals surface area contributed by atoms with Crippen molar-refractivity contribution in [3.05, 3.63) is 24.3 Å². The molecule has 0 bridgehead atoms. The lowest BCUT2D eigenvalue weighted by Crippen LogP contribution is -2.12. The quantitative estimate of drug-likeness (QED) is 0.795. The molecule has 5 nitrogen and oxygen atoms in total. The van der Waals surface area contributed by atoms with E-state index in [0.717, 1.165) is 12.8 Å². The predicted octanol–water partition coefficient (Wildman–Crippen LogP) is 2.56. The summed E-state index contributed by atoms with van der Waals surface area (Å²) in [6.07, 6.45) is 4.41. The van der Waals surface area contributed by atoms with Crippen molar-refractivity contribution in [3.8, 4) is 11.6 Å². The number of carbonyl (C=O) groups excluding carboxylic acids is 1. The Bertz CT molecular complexity index is 506. The van der Waals surface area contributed by atoms with Gasteiger partial charge in [0.2, 0.25) is 11.7 Å². The van der Waals surface area contributed by atoms with E-state index in [1.807, 2.05) is 0 Å². The van der Waals surface area contributed by atoms with Crippen molar-refractivity contribution in [2.75, 3.05) is 0 Å². The van der Waals surface area contributed by atoms with Crippen LogP contribution in [0.4, 0.5) is 0 Å². The van der Waals surface area contributed by atoms with Crippen molar-refractivity contribution >= 4 is 5.78 Å². The van der Waals surface area contributed by atoms with Gasteiger partial charge in [0.25, 0.3) is 0 Å². The highest BCUT2D eigenvalue weighted by Crippen LogP contribution is 2.31. The van der Waals surface area contributed by atoms with Crippen molar-refractivity contribution in [2.24, 2.45) is 0 Å². The summed E-state index contributed by atoms with van der Waals surface area (Å²) in [6.45, 7) is 0. The van der Waals surface area contributed by atoms with Gasteiger partial charge in [-0.25, -0.2) is 0 Å². The largest absolute Gasteiger partial charge is 0.461 e. The second-order valence-corrected chi connectivity index (χ2v) is 4.25. The molecule has 2 aromatic rings. The van der Waals surface area contributed by atoms with Gasteiger partial charge >= 0.3 is 0 Å². The fraction of sp³-hybridized carbons (Fsp3) is 0.417. The van der Waals surface area contributed by atoms with Gasteiger partial charge in [-0.1, -0.05) is 5.16 Å². The first-order valence-corrected chi connectivity index (χ1v) is 5.72. The van der Waals surface area contributed by atoms with E-state index in [2.05, 4.69) is 10.1 Å². The molecule has 5 heteroatoms. The Kier molecular flexibility index (Phi) is 2.51.